The summed E-state index contributed by atoms with van der Waals surface area (Å²) >= 11 is 6.05. The second-order valence-corrected chi connectivity index (χ2v) is 8.29. The van der Waals surface area contributed by atoms with Crippen LogP contribution in [0, 0.1) is 0 Å². The van der Waals surface area contributed by atoms with Crippen LogP contribution in [-0.4, -0.2) is 32.7 Å². The van der Waals surface area contributed by atoms with Gasteiger partial charge in [0.25, 0.3) is 0 Å². The van der Waals surface area contributed by atoms with Gasteiger partial charge in [-0.3, -0.25) is 4.79 Å². The molecule has 1 aromatic heterocycles. The molecule has 152 valence electrons. The number of hydrogen-bond donors (Lipinski definition) is 1. The summed E-state index contributed by atoms with van der Waals surface area (Å²) in [5, 5.41) is 20.4. The number of hydrogen-bond acceptors (Lipinski definition) is 5. The van der Waals surface area contributed by atoms with E-state index in [-0.39, 0.29) is 30.2 Å². The van der Waals surface area contributed by atoms with Gasteiger partial charge in [0, 0.05) is 17.0 Å². The van der Waals surface area contributed by atoms with Crippen molar-refractivity contribution in [3.8, 4) is 11.4 Å². The van der Waals surface area contributed by atoms with E-state index in [1.165, 1.54) is 10.9 Å². The average Bonchev–Trinajstić information content (AvgIpc) is 3.07. The van der Waals surface area contributed by atoms with Crippen molar-refractivity contribution in [2.75, 3.05) is 6.61 Å². The Morgan fingerprint density at radius 1 is 1.24 bits per heavy atom. The molecule has 0 aliphatic carbocycles. The molecule has 0 atom stereocenters. The zero-order chi connectivity index (χ0) is 21.2. The SMILES string of the molecule is C=CCOC(=O)CCc1cc(-n2nc3ccc(Cl)cc3n2)c(O)c(C(C)(C)C)c1. The third-order valence-corrected chi connectivity index (χ3v) is 4.73. The van der Waals surface area contributed by atoms with E-state index in [4.69, 9.17) is 16.3 Å². The summed E-state index contributed by atoms with van der Waals surface area (Å²) in [6, 6.07) is 8.96. The van der Waals surface area contributed by atoms with Gasteiger partial charge in [-0.1, -0.05) is 51.1 Å². The van der Waals surface area contributed by atoms with E-state index in [2.05, 4.69) is 16.8 Å². The Kier molecular flexibility index (Phi) is 5.94. The minimum Gasteiger partial charge on any atom is -0.505 e. The summed E-state index contributed by atoms with van der Waals surface area (Å²) in [6.45, 7) is 9.78. The van der Waals surface area contributed by atoms with Crippen LogP contribution in [0.4, 0.5) is 0 Å². The summed E-state index contributed by atoms with van der Waals surface area (Å²) < 4.78 is 5.05. The van der Waals surface area contributed by atoms with Gasteiger partial charge in [-0.05, 0) is 41.7 Å². The molecule has 7 heteroatoms. The van der Waals surface area contributed by atoms with Gasteiger partial charge in [0.15, 0.2) is 0 Å². The summed E-state index contributed by atoms with van der Waals surface area (Å²) in [7, 11) is 0. The smallest absolute Gasteiger partial charge is 0.306 e. The van der Waals surface area contributed by atoms with E-state index < -0.39 is 0 Å². The zero-order valence-corrected chi connectivity index (χ0v) is 17.5. The number of carbonyl (C=O) groups excluding carboxylic acids is 1. The molecule has 0 aliphatic heterocycles. The lowest BCUT2D eigenvalue weighted by atomic mass is 9.84. The number of fused-ring (bicyclic) bond motifs is 1. The van der Waals surface area contributed by atoms with E-state index >= 15 is 0 Å². The molecule has 1 heterocycles. The summed E-state index contributed by atoms with van der Waals surface area (Å²) in [6.07, 6.45) is 2.24. The fourth-order valence-electron chi connectivity index (χ4n) is 3.01. The molecule has 0 amide bonds. The highest BCUT2D eigenvalue weighted by Gasteiger charge is 2.23. The highest BCUT2D eigenvalue weighted by Crippen LogP contribution is 2.36. The Labute approximate surface area is 174 Å². The number of phenols is 1. The highest BCUT2D eigenvalue weighted by molar-refractivity contribution is 6.31. The van der Waals surface area contributed by atoms with Gasteiger partial charge in [0.2, 0.25) is 0 Å². The van der Waals surface area contributed by atoms with Gasteiger partial charge < -0.3 is 9.84 Å². The predicted octanol–water partition coefficient (Wildman–Crippen LogP) is 4.74. The van der Waals surface area contributed by atoms with Crippen LogP contribution >= 0.6 is 11.6 Å². The van der Waals surface area contributed by atoms with Crippen LogP contribution in [0.25, 0.3) is 16.7 Å². The van der Waals surface area contributed by atoms with Crippen molar-refractivity contribution in [2.45, 2.75) is 39.0 Å². The third-order valence-electron chi connectivity index (χ3n) is 4.50. The Hall–Kier alpha value is -2.86. The number of nitrogens with zero attached hydrogens (tertiary/aromatic N) is 3. The largest absolute Gasteiger partial charge is 0.505 e. The van der Waals surface area contributed by atoms with Crippen LogP contribution in [-0.2, 0) is 21.4 Å². The number of aromatic hydroxyl groups is 1. The van der Waals surface area contributed by atoms with Crippen LogP contribution in [0.3, 0.4) is 0 Å². The van der Waals surface area contributed by atoms with Crippen molar-refractivity contribution in [1.82, 2.24) is 15.0 Å². The molecule has 0 saturated carbocycles. The van der Waals surface area contributed by atoms with Crippen molar-refractivity contribution < 1.29 is 14.6 Å². The molecule has 1 N–H and O–H groups in total. The fraction of sp³-hybridized carbons (Fsp3) is 0.318. The molecule has 0 saturated heterocycles. The lowest BCUT2D eigenvalue weighted by Gasteiger charge is -2.23. The molecule has 0 bridgehead atoms. The zero-order valence-electron chi connectivity index (χ0n) is 16.8. The monoisotopic (exact) mass is 413 g/mol. The molecule has 29 heavy (non-hydrogen) atoms. The second-order valence-electron chi connectivity index (χ2n) is 7.86. The standard InChI is InChI=1S/C22H24ClN3O3/c1-5-10-29-20(27)9-6-14-11-16(22(2,3)4)21(28)19(12-14)26-24-17-8-7-15(23)13-18(17)25-26/h5,7-8,11-13,28H,1,6,9-10H2,2-4H3. The molecular weight excluding hydrogens is 390 g/mol. The van der Waals surface area contributed by atoms with E-state index in [1.807, 2.05) is 26.8 Å². The number of phenolic OH excluding ortho intramolecular Hbond substituents is 1. The number of aromatic nitrogens is 3. The molecule has 0 radical (unpaired) electrons. The molecule has 3 rings (SSSR count). The number of ether oxygens (including phenoxy) is 1. The van der Waals surface area contributed by atoms with Gasteiger partial charge in [-0.25, -0.2) is 0 Å². The van der Waals surface area contributed by atoms with E-state index in [9.17, 15) is 9.90 Å². The van der Waals surface area contributed by atoms with Gasteiger partial charge in [0.1, 0.15) is 29.1 Å². The quantitative estimate of drug-likeness (QED) is 0.466. The first-order chi connectivity index (χ1) is 13.7. The Morgan fingerprint density at radius 3 is 2.66 bits per heavy atom. The highest BCUT2D eigenvalue weighted by atomic mass is 35.5. The molecule has 0 unspecified atom stereocenters. The maximum absolute atomic E-state index is 11.9. The molecule has 2 aromatic carbocycles. The maximum atomic E-state index is 11.9. The van der Waals surface area contributed by atoms with E-state index in [1.54, 1.807) is 24.3 Å². The Morgan fingerprint density at radius 2 is 1.97 bits per heavy atom. The van der Waals surface area contributed by atoms with Crippen LogP contribution in [0.5, 0.6) is 5.75 Å². The minimum atomic E-state index is -0.311. The Bertz CT molecular complexity index is 1070. The minimum absolute atomic E-state index is 0.113. The maximum Gasteiger partial charge on any atom is 0.306 e. The van der Waals surface area contributed by atoms with Crippen LogP contribution in [0.2, 0.25) is 5.02 Å². The molecule has 0 spiro atoms. The number of rotatable bonds is 6. The molecule has 6 nitrogen and oxygen atoms in total. The van der Waals surface area contributed by atoms with Crippen molar-refractivity contribution in [3.05, 3.63) is 59.1 Å². The number of aryl methyl sites for hydroxylation is 1. The number of benzene rings is 2. The van der Waals surface area contributed by atoms with Crippen molar-refractivity contribution >= 4 is 28.6 Å². The number of carbonyl (C=O) groups is 1. The topological polar surface area (TPSA) is 77.2 Å². The summed E-state index contributed by atoms with van der Waals surface area (Å²) in [5.41, 5.74) is 3.09. The van der Waals surface area contributed by atoms with Crippen LogP contribution < -0.4 is 0 Å². The average molecular weight is 414 g/mol. The second kappa shape index (κ2) is 8.25. The lowest BCUT2D eigenvalue weighted by molar-refractivity contribution is -0.142. The summed E-state index contributed by atoms with van der Waals surface area (Å²) in [4.78, 5) is 13.3. The van der Waals surface area contributed by atoms with Crippen LogP contribution in [0.15, 0.2) is 43.0 Å². The predicted molar refractivity (Wildman–Crippen MR) is 114 cm³/mol. The van der Waals surface area contributed by atoms with Gasteiger partial charge in [-0.2, -0.15) is 0 Å². The first-order valence-corrected chi connectivity index (χ1v) is 9.72. The molecule has 3 aromatic rings. The van der Waals surface area contributed by atoms with Gasteiger partial charge in [-0.15, -0.1) is 15.0 Å². The van der Waals surface area contributed by atoms with Crippen LogP contribution in [0.1, 0.15) is 38.3 Å². The molecule has 0 aliphatic rings. The summed E-state index contributed by atoms with van der Waals surface area (Å²) in [5.74, 6) is -0.184. The Balaban J connectivity index is 2.02. The van der Waals surface area contributed by atoms with Crippen molar-refractivity contribution in [1.29, 1.82) is 0 Å². The number of esters is 1. The first-order valence-electron chi connectivity index (χ1n) is 9.35. The first kappa shape index (κ1) is 20.9. The third kappa shape index (κ3) is 4.77. The van der Waals surface area contributed by atoms with Crippen molar-refractivity contribution in [3.63, 3.8) is 0 Å². The lowest BCUT2D eigenvalue weighted by Crippen LogP contribution is -2.14. The van der Waals surface area contributed by atoms with Gasteiger partial charge >= 0.3 is 5.97 Å². The number of halogens is 1. The van der Waals surface area contributed by atoms with E-state index in [0.29, 0.717) is 28.2 Å². The van der Waals surface area contributed by atoms with Crippen molar-refractivity contribution in [2.24, 2.45) is 0 Å². The van der Waals surface area contributed by atoms with E-state index in [0.717, 1.165) is 11.1 Å². The molecular formula is C22H24ClN3O3. The van der Waals surface area contributed by atoms with Gasteiger partial charge in [0.05, 0.1) is 0 Å². The fourth-order valence-corrected chi connectivity index (χ4v) is 3.18. The normalized spacial score (nSPS) is 11.6. The molecule has 0 fully saturated rings.